The quantitative estimate of drug-likeness (QED) is 0.899. The van der Waals surface area contributed by atoms with E-state index >= 15 is 0 Å². The van der Waals surface area contributed by atoms with Crippen molar-refractivity contribution in [2.24, 2.45) is 7.05 Å². The van der Waals surface area contributed by atoms with E-state index in [9.17, 15) is 8.42 Å². The zero-order chi connectivity index (χ0) is 13.4. The molecule has 2 rings (SSSR count). The van der Waals surface area contributed by atoms with Crippen LogP contribution in [0.2, 0.25) is 5.15 Å². The van der Waals surface area contributed by atoms with Gasteiger partial charge in [0.2, 0.25) is 5.03 Å². The van der Waals surface area contributed by atoms with Gasteiger partial charge in [0.15, 0.2) is 0 Å². The summed E-state index contributed by atoms with van der Waals surface area (Å²) in [6.45, 7) is 2.85. The minimum absolute atomic E-state index is 0.0998. The molecule has 2 heterocycles. The number of hydrogen-bond donors (Lipinski definition) is 1. The third kappa shape index (κ3) is 2.69. The molecule has 18 heavy (non-hydrogen) atoms. The average molecular weight is 294 g/mol. The molecule has 0 spiro atoms. The van der Waals surface area contributed by atoms with Crippen molar-refractivity contribution in [1.82, 2.24) is 14.3 Å². The number of hydrogen-bond acceptors (Lipinski definition) is 4. The van der Waals surface area contributed by atoms with Crippen LogP contribution >= 0.6 is 11.6 Å². The van der Waals surface area contributed by atoms with Gasteiger partial charge in [-0.3, -0.25) is 0 Å². The second-order valence-electron chi connectivity index (χ2n) is 4.77. The maximum Gasteiger partial charge on any atom is 0.261 e. The van der Waals surface area contributed by atoms with Crippen molar-refractivity contribution in [2.75, 3.05) is 13.2 Å². The molecule has 1 aromatic heterocycles. The summed E-state index contributed by atoms with van der Waals surface area (Å²) in [6, 6.07) is 0. The fourth-order valence-corrected chi connectivity index (χ4v) is 3.82. The van der Waals surface area contributed by atoms with E-state index in [-0.39, 0.29) is 10.2 Å². The smallest absolute Gasteiger partial charge is 0.261 e. The summed E-state index contributed by atoms with van der Waals surface area (Å²) in [4.78, 5) is 3.82. The van der Waals surface area contributed by atoms with Crippen molar-refractivity contribution in [1.29, 1.82) is 0 Å². The molecule has 1 unspecified atom stereocenters. The van der Waals surface area contributed by atoms with Gasteiger partial charge in [-0.15, -0.1) is 0 Å². The maximum atomic E-state index is 12.2. The highest BCUT2D eigenvalue weighted by atomic mass is 35.5. The van der Waals surface area contributed by atoms with Crippen LogP contribution in [-0.4, -0.2) is 36.7 Å². The van der Waals surface area contributed by atoms with E-state index in [1.165, 1.54) is 10.9 Å². The minimum atomic E-state index is -3.72. The summed E-state index contributed by atoms with van der Waals surface area (Å²) in [5.41, 5.74) is -0.599. The van der Waals surface area contributed by atoms with Crippen LogP contribution in [0.4, 0.5) is 0 Å². The Labute approximate surface area is 111 Å². The van der Waals surface area contributed by atoms with Crippen LogP contribution in [0.25, 0.3) is 0 Å². The molecule has 1 atom stereocenters. The van der Waals surface area contributed by atoms with E-state index in [1.807, 2.05) is 6.92 Å². The first kappa shape index (κ1) is 13.8. The summed E-state index contributed by atoms with van der Waals surface area (Å²) in [5.74, 6) is 0. The second-order valence-corrected chi connectivity index (χ2v) is 6.73. The molecule has 0 aliphatic carbocycles. The number of halogens is 1. The number of sulfonamides is 1. The van der Waals surface area contributed by atoms with Crippen molar-refractivity contribution < 1.29 is 13.2 Å². The second kappa shape index (κ2) is 4.80. The molecule has 0 radical (unpaired) electrons. The largest absolute Gasteiger partial charge is 0.380 e. The number of imidazole rings is 1. The van der Waals surface area contributed by atoms with Crippen molar-refractivity contribution >= 4 is 21.6 Å². The van der Waals surface area contributed by atoms with Crippen LogP contribution in [0.15, 0.2) is 11.4 Å². The summed E-state index contributed by atoms with van der Waals surface area (Å²) in [5, 5.41) is -0.0405. The molecule has 1 N–H and O–H groups in total. The zero-order valence-corrected chi connectivity index (χ0v) is 11.9. The third-order valence-corrected chi connectivity index (χ3v) is 5.03. The number of rotatable bonds is 3. The normalized spacial score (nSPS) is 25.3. The molecule has 1 aliphatic heterocycles. The Balaban J connectivity index is 2.24. The van der Waals surface area contributed by atoms with Gasteiger partial charge >= 0.3 is 0 Å². The van der Waals surface area contributed by atoms with E-state index in [0.717, 1.165) is 12.8 Å². The van der Waals surface area contributed by atoms with Gasteiger partial charge in [-0.25, -0.2) is 18.1 Å². The molecule has 6 nitrogen and oxygen atoms in total. The number of ether oxygens (including phenoxy) is 1. The minimum Gasteiger partial charge on any atom is -0.380 e. The molecule has 8 heteroatoms. The fourth-order valence-electron chi connectivity index (χ4n) is 1.96. The van der Waals surface area contributed by atoms with E-state index < -0.39 is 15.6 Å². The monoisotopic (exact) mass is 293 g/mol. The average Bonchev–Trinajstić information content (AvgIpc) is 2.59. The third-order valence-electron chi connectivity index (χ3n) is 2.91. The van der Waals surface area contributed by atoms with Crippen LogP contribution in [-0.2, 0) is 21.8 Å². The first-order chi connectivity index (χ1) is 8.34. The molecule has 102 valence electrons. The maximum absolute atomic E-state index is 12.2. The molecule has 0 amide bonds. The first-order valence-corrected chi connectivity index (χ1v) is 7.49. The molecular weight excluding hydrogens is 278 g/mol. The van der Waals surface area contributed by atoms with Crippen LogP contribution in [0, 0.1) is 0 Å². The number of aromatic nitrogens is 2. The number of aryl methyl sites for hydroxylation is 1. The Morgan fingerprint density at radius 3 is 2.83 bits per heavy atom. The molecule has 1 saturated heterocycles. The molecular formula is C10H16ClN3O3S. The lowest BCUT2D eigenvalue weighted by atomic mass is 9.97. The number of nitrogens with zero attached hydrogens (tertiary/aromatic N) is 2. The van der Waals surface area contributed by atoms with E-state index in [1.54, 1.807) is 7.05 Å². The topological polar surface area (TPSA) is 73.2 Å². The van der Waals surface area contributed by atoms with Crippen LogP contribution in [0.5, 0.6) is 0 Å². The van der Waals surface area contributed by atoms with E-state index in [0.29, 0.717) is 13.2 Å². The van der Waals surface area contributed by atoms with E-state index in [2.05, 4.69) is 9.71 Å². The van der Waals surface area contributed by atoms with Crippen molar-refractivity contribution in [3.8, 4) is 0 Å². The Hall–Kier alpha value is -0.630. The van der Waals surface area contributed by atoms with Crippen molar-refractivity contribution in [2.45, 2.75) is 30.3 Å². The molecule has 1 aliphatic rings. The highest BCUT2D eigenvalue weighted by Gasteiger charge is 2.35. The van der Waals surface area contributed by atoms with Gasteiger partial charge in [-0.1, -0.05) is 11.6 Å². The Morgan fingerprint density at radius 2 is 2.33 bits per heavy atom. The Kier molecular flexibility index (Phi) is 3.68. The lowest BCUT2D eigenvalue weighted by molar-refractivity contribution is 0.0386. The number of nitrogens with one attached hydrogen (secondary N) is 1. The van der Waals surface area contributed by atoms with Gasteiger partial charge in [0.1, 0.15) is 5.15 Å². The van der Waals surface area contributed by atoms with Gasteiger partial charge in [0, 0.05) is 13.7 Å². The molecule has 0 bridgehead atoms. The lowest BCUT2D eigenvalue weighted by Crippen LogP contribution is -2.51. The zero-order valence-electron chi connectivity index (χ0n) is 10.3. The summed E-state index contributed by atoms with van der Waals surface area (Å²) in [7, 11) is -2.08. The van der Waals surface area contributed by atoms with Gasteiger partial charge in [0.05, 0.1) is 18.5 Å². The fraction of sp³-hybridized carbons (Fsp3) is 0.700. The van der Waals surface area contributed by atoms with Gasteiger partial charge in [-0.2, -0.15) is 0 Å². The molecule has 0 saturated carbocycles. The predicted molar refractivity (Wildman–Crippen MR) is 67.0 cm³/mol. The van der Waals surface area contributed by atoms with Crippen LogP contribution in [0.1, 0.15) is 19.8 Å². The Bertz CT molecular complexity index is 535. The van der Waals surface area contributed by atoms with Crippen LogP contribution < -0.4 is 4.72 Å². The van der Waals surface area contributed by atoms with Crippen molar-refractivity contribution in [3.05, 3.63) is 11.5 Å². The van der Waals surface area contributed by atoms with Crippen LogP contribution in [0.3, 0.4) is 0 Å². The summed E-state index contributed by atoms with van der Waals surface area (Å²) in [6.07, 6.45) is 2.93. The summed E-state index contributed by atoms with van der Waals surface area (Å²) < 4.78 is 33.8. The standard InChI is InChI=1S/C10H16ClN3O3S/c1-10(4-3-5-17-6-10)13-18(15,16)9-8(11)14(2)7-12-9/h7,13H,3-6H2,1-2H3. The van der Waals surface area contributed by atoms with Gasteiger partial charge in [-0.05, 0) is 19.8 Å². The highest BCUT2D eigenvalue weighted by molar-refractivity contribution is 7.89. The molecule has 1 fully saturated rings. The highest BCUT2D eigenvalue weighted by Crippen LogP contribution is 2.24. The SMILES string of the molecule is Cn1cnc(S(=O)(=O)NC2(C)CCCOC2)c1Cl. The van der Waals surface area contributed by atoms with Crippen molar-refractivity contribution in [3.63, 3.8) is 0 Å². The van der Waals surface area contributed by atoms with E-state index in [4.69, 9.17) is 16.3 Å². The molecule has 1 aromatic rings. The Morgan fingerprint density at radius 1 is 1.61 bits per heavy atom. The molecule has 0 aromatic carbocycles. The van der Waals surface area contributed by atoms with Gasteiger partial charge < -0.3 is 9.30 Å². The first-order valence-electron chi connectivity index (χ1n) is 5.63. The summed E-state index contributed by atoms with van der Waals surface area (Å²) >= 11 is 5.91. The predicted octanol–water partition coefficient (Wildman–Crippen LogP) is 0.921. The van der Waals surface area contributed by atoms with Gasteiger partial charge in [0.25, 0.3) is 10.0 Å². The lowest BCUT2D eigenvalue weighted by Gasteiger charge is -2.33.